The van der Waals surface area contributed by atoms with Crippen LogP contribution in [-0.4, -0.2) is 45.8 Å². The molecule has 0 saturated carbocycles. The van der Waals surface area contributed by atoms with Gasteiger partial charge in [0.1, 0.15) is 6.42 Å². The average molecular weight is 372 g/mol. The van der Waals surface area contributed by atoms with E-state index in [0.717, 1.165) is 43.7 Å². The van der Waals surface area contributed by atoms with E-state index in [4.69, 9.17) is 11.6 Å². The molecule has 0 N–H and O–H groups in total. The van der Waals surface area contributed by atoms with Crippen molar-refractivity contribution in [3.05, 3.63) is 58.9 Å². The zero-order chi connectivity index (χ0) is 18.1. The van der Waals surface area contributed by atoms with Crippen LogP contribution in [0.15, 0.2) is 42.6 Å². The van der Waals surface area contributed by atoms with Gasteiger partial charge in [-0.1, -0.05) is 23.7 Å². The lowest BCUT2D eigenvalue weighted by atomic mass is 9.99. The van der Waals surface area contributed by atoms with Crippen molar-refractivity contribution in [2.24, 2.45) is 0 Å². The second-order valence-corrected chi connectivity index (χ2v) is 7.37. The first-order valence-electron chi connectivity index (χ1n) is 9.11. The highest BCUT2D eigenvalue weighted by atomic mass is 35.5. The molecule has 1 aromatic carbocycles. The smallest absolute Gasteiger partial charge is 0.232 e. The minimum Gasteiger partial charge on any atom is -0.348 e. The van der Waals surface area contributed by atoms with Crippen molar-refractivity contribution in [2.45, 2.75) is 31.8 Å². The highest BCUT2D eigenvalue weighted by molar-refractivity contribution is 6.30. The molecule has 3 heterocycles. The van der Waals surface area contributed by atoms with Gasteiger partial charge in [-0.15, -0.1) is 0 Å². The van der Waals surface area contributed by atoms with E-state index in [1.54, 1.807) is 4.90 Å². The van der Waals surface area contributed by atoms with Crippen molar-refractivity contribution in [1.82, 2.24) is 14.4 Å². The van der Waals surface area contributed by atoms with Gasteiger partial charge in [-0.2, -0.15) is 0 Å². The van der Waals surface area contributed by atoms with E-state index in [-0.39, 0.29) is 24.3 Å². The summed E-state index contributed by atoms with van der Waals surface area (Å²) >= 11 is 6.19. The Morgan fingerprint density at radius 1 is 1.00 bits per heavy atom. The molecule has 0 aliphatic carbocycles. The first-order chi connectivity index (χ1) is 12.6. The molecule has 6 heteroatoms. The molecule has 1 fully saturated rings. The number of halogens is 1. The van der Waals surface area contributed by atoms with Crippen LogP contribution >= 0.6 is 11.6 Å². The normalized spacial score (nSPS) is 19.5. The van der Waals surface area contributed by atoms with E-state index in [1.165, 1.54) is 0 Å². The second kappa shape index (κ2) is 7.16. The van der Waals surface area contributed by atoms with Gasteiger partial charge in [0.25, 0.3) is 0 Å². The fraction of sp³-hybridized carbons (Fsp3) is 0.400. The third-order valence-corrected chi connectivity index (χ3v) is 5.52. The van der Waals surface area contributed by atoms with E-state index < -0.39 is 0 Å². The van der Waals surface area contributed by atoms with Crippen molar-refractivity contribution in [2.75, 3.05) is 19.6 Å². The zero-order valence-electron chi connectivity index (χ0n) is 14.6. The first kappa shape index (κ1) is 17.2. The molecule has 1 saturated heterocycles. The lowest BCUT2D eigenvalue weighted by Gasteiger charge is -2.37. The fourth-order valence-electron chi connectivity index (χ4n) is 3.99. The molecule has 0 bridgehead atoms. The summed E-state index contributed by atoms with van der Waals surface area (Å²) in [6, 6.07) is 11.4. The van der Waals surface area contributed by atoms with Gasteiger partial charge in [0, 0.05) is 43.1 Å². The molecule has 2 aromatic rings. The number of carbonyl (C=O) groups is 2. The van der Waals surface area contributed by atoms with E-state index in [2.05, 4.69) is 4.57 Å². The molecule has 5 nitrogen and oxygen atoms in total. The molecule has 136 valence electrons. The van der Waals surface area contributed by atoms with Crippen molar-refractivity contribution >= 4 is 23.4 Å². The Morgan fingerprint density at radius 2 is 1.81 bits per heavy atom. The van der Waals surface area contributed by atoms with Gasteiger partial charge < -0.3 is 14.4 Å². The maximum absolute atomic E-state index is 13.0. The summed E-state index contributed by atoms with van der Waals surface area (Å²) in [6.07, 6.45) is 4.03. The molecule has 4 rings (SSSR count). The summed E-state index contributed by atoms with van der Waals surface area (Å²) < 4.78 is 2.16. The molecular formula is C20H22ClN3O2. The summed E-state index contributed by atoms with van der Waals surface area (Å²) in [5.41, 5.74) is 2.03. The van der Waals surface area contributed by atoms with Crippen LogP contribution in [0.2, 0.25) is 5.02 Å². The van der Waals surface area contributed by atoms with Crippen LogP contribution in [0.1, 0.15) is 36.6 Å². The Bertz CT molecular complexity index is 826. The van der Waals surface area contributed by atoms with Gasteiger partial charge in [0.05, 0.1) is 6.04 Å². The number of rotatable bonds is 3. The van der Waals surface area contributed by atoms with E-state index in [0.29, 0.717) is 11.6 Å². The number of nitrogens with zero attached hydrogens (tertiary/aromatic N) is 3. The number of carbonyl (C=O) groups excluding carboxylic acids is 2. The summed E-state index contributed by atoms with van der Waals surface area (Å²) in [4.78, 5) is 29.1. The number of amides is 2. The Kier molecular flexibility index (Phi) is 4.72. The Hall–Kier alpha value is -2.27. The Labute approximate surface area is 158 Å². The Balaban J connectivity index is 1.61. The number of likely N-dealkylation sites (tertiary alicyclic amines) is 1. The van der Waals surface area contributed by atoms with Crippen molar-refractivity contribution in [1.29, 1.82) is 0 Å². The van der Waals surface area contributed by atoms with Crippen LogP contribution < -0.4 is 0 Å². The van der Waals surface area contributed by atoms with Crippen LogP contribution in [0, 0.1) is 0 Å². The van der Waals surface area contributed by atoms with Gasteiger partial charge in [-0.3, -0.25) is 9.59 Å². The lowest BCUT2D eigenvalue weighted by Crippen LogP contribution is -2.44. The number of hydrogen-bond donors (Lipinski definition) is 0. The highest BCUT2D eigenvalue weighted by Gasteiger charge is 2.33. The number of benzene rings is 1. The summed E-state index contributed by atoms with van der Waals surface area (Å²) in [6.45, 7) is 2.87. The molecule has 0 spiro atoms. The zero-order valence-corrected chi connectivity index (χ0v) is 15.4. The summed E-state index contributed by atoms with van der Waals surface area (Å²) in [5.74, 6) is -0.169. The van der Waals surface area contributed by atoms with Gasteiger partial charge in [0.15, 0.2) is 0 Å². The van der Waals surface area contributed by atoms with Gasteiger partial charge >= 0.3 is 0 Å². The SMILES string of the molecule is O=C(CC(=O)N1CCn2cccc2[C@H]1c1cccc(Cl)c1)N1CCCC1. The minimum absolute atomic E-state index is 0.0571. The summed E-state index contributed by atoms with van der Waals surface area (Å²) in [5, 5.41) is 0.645. The van der Waals surface area contributed by atoms with E-state index in [9.17, 15) is 9.59 Å². The largest absolute Gasteiger partial charge is 0.348 e. The molecule has 2 aliphatic rings. The van der Waals surface area contributed by atoms with Crippen LogP contribution in [0.5, 0.6) is 0 Å². The molecule has 0 unspecified atom stereocenters. The predicted molar refractivity (Wildman–Crippen MR) is 99.9 cm³/mol. The monoisotopic (exact) mass is 371 g/mol. The fourth-order valence-corrected chi connectivity index (χ4v) is 4.19. The maximum atomic E-state index is 13.0. The molecule has 1 aromatic heterocycles. The van der Waals surface area contributed by atoms with Gasteiger partial charge in [-0.25, -0.2) is 0 Å². The molecule has 2 aliphatic heterocycles. The Morgan fingerprint density at radius 3 is 2.58 bits per heavy atom. The molecule has 26 heavy (non-hydrogen) atoms. The molecule has 1 atom stereocenters. The van der Waals surface area contributed by atoms with Crippen LogP contribution in [0.3, 0.4) is 0 Å². The molecule has 2 amide bonds. The highest BCUT2D eigenvalue weighted by Crippen LogP contribution is 2.34. The van der Waals surface area contributed by atoms with Gasteiger partial charge in [0.2, 0.25) is 11.8 Å². The van der Waals surface area contributed by atoms with Crippen LogP contribution in [0.25, 0.3) is 0 Å². The van der Waals surface area contributed by atoms with Gasteiger partial charge in [-0.05, 0) is 42.7 Å². The van der Waals surface area contributed by atoms with Crippen molar-refractivity contribution < 1.29 is 9.59 Å². The van der Waals surface area contributed by atoms with Crippen LogP contribution in [0.4, 0.5) is 0 Å². The number of fused-ring (bicyclic) bond motifs is 1. The minimum atomic E-state index is -0.212. The predicted octanol–water partition coefficient (Wildman–Crippen LogP) is 3.09. The van der Waals surface area contributed by atoms with Crippen LogP contribution in [-0.2, 0) is 16.1 Å². The maximum Gasteiger partial charge on any atom is 0.232 e. The number of hydrogen-bond acceptors (Lipinski definition) is 2. The molecule has 0 radical (unpaired) electrons. The quantitative estimate of drug-likeness (QED) is 0.778. The third-order valence-electron chi connectivity index (χ3n) is 5.28. The lowest BCUT2D eigenvalue weighted by molar-refractivity contribution is -0.141. The van der Waals surface area contributed by atoms with Crippen molar-refractivity contribution in [3.63, 3.8) is 0 Å². The van der Waals surface area contributed by atoms with E-state index in [1.807, 2.05) is 47.5 Å². The first-order valence-corrected chi connectivity index (χ1v) is 9.49. The second-order valence-electron chi connectivity index (χ2n) is 6.94. The number of aromatic nitrogens is 1. The third kappa shape index (κ3) is 3.23. The molecular weight excluding hydrogens is 350 g/mol. The van der Waals surface area contributed by atoms with E-state index >= 15 is 0 Å². The van der Waals surface area contributed by atoms with Crippen molar-refractivity contribution in [3.8, 4) is 0 Å². The standard InChI is InChI=1S/C20H22ClN3O2/c21-16-6-3-5-15(13-16)20-17-7-4-10-22(17)11-12-24(20)19(26)14-18(25)23-8-1-2-9-23/h3-7,10,13,20H,1-2,8-9,11-12,14H2/t20-/m1/s1. The average Bonchev–Trinajstić information content (AvgIpc) is 3.32. The topological polar surface area (TPSA) is 45.6 Å². The summed E-state index contributed by atoms with van der Waals surface area (Å²) in [7, 11) is 0.